The third-order valence-corrected chi connectivity index (χ3v) is 5.74. The first-order valence-corrected chi connectivity index (χ1v) is 11.0. The van der Waals surface area contributed by atoms with Crippen molar-refractivity contribution in [3.05, 3.63) is 88.7 Å². The topological polar surface area (TPSA) is 55.4 Å². The maximum atomic E-state index is 14.2. The summed E-state index contributed by atoms with van der Waals surface area (Å²) in [4.78, 5) is 23.7. The van der Waals surface area contributed by atoms with Crippen LogP contribution >= 0.6 is 0 Å². The molecule has 1 unspecified atom stereocenters. The van der Waals surface area contributed by atoms with Crippen LogP contribution in [0.1, 0.15) is 40.4 Å². The summed E-state index contributed by atoms with van der Waals surface area (Å²) in [6.07, 6.45) is -2.36. The minimum absolute atomic E-state index is 0.0287. The van der Waals surface area contributed by atoms with Crippen molar-refractivity contribution in [1.82, 2.24) is 5.32 Å². The summed E-state index contributed by atoms with van der Waals surface area (Å²) >= 11 is 0. The monoisotopic (exact) mass is 487 g/mol. The van der Waals surface area contributed by atoms with E-state index in [1.165, 1.54) is 7.11 Å². The first kappa shape index (κ1) is 25.9. The van der Waals surface area contributed by atoms with Crippen molar-refractivity contribution < 1.29 is 31.9 Å². The summed E-state index contributed by atoms with van der Waals surface area (Å²) in [5.41, 5.74) is 1.73. The van der Waals surface area contributed by atoms with E-state index in [4.69, 9.17) is 4.74 Å². The van der Waals surface area contributed by atoms with Crippen LogP contribution in [0.4, 0.5) is 17.6 Å². The van der Waals surface area contributed by atoms with Crippen LogP contribution in [0.5, 0.6) is 5.75 Å². The van der Waals surface area contributed by atoms with E-state index >= 15 is 0 Å². The lowest BCUT2D eigenvalue weighted by Gasteiger charge is -2.14. The molecule has 184 valence electrons. The zero-order valence-corrected chi connectivity index (χ0v) is 19.3. The molecule has 35 heavy (non-hydrogen) atoms. The van der Waals surface area contributed by atoms with E-state index in [-0.39, 0.29) is 12.5 Å². The number of halogens is 4. The van der Waals surface area contributed by atoms with Gasteiger partial charge in [0, 0.05) is 18.0 Å². The van der Waals surface area contributed by atoms with Gasteiger partial charge in [-0.3, -0.25) is 4.79 Å². The Morgan fingerprint density at radius 2 is 1.80 bits per heavy atom. The first-order valence-electron chi connectivity index (χ1n) is 11.0. The summed E-state index contributed by atoms with van der Waals surface area (Å²) in [5.74, 6) is -1.66. The molecule has 0 spiro atoms. The predicted molar refractivity (Wildman–Crippen MR) is 125 cm³/mol. The third kappa shape index (κ3) is 6.47. The second-order valence-electron chi connectivity index (χ2n) is 8.11. The average Bonchev–Trinajstić information content (AvgIpc) is 2.85. The van der Waals surface area contributed by atoms with Gasteiger partial charge in [0.2, 0.25) is 0 Å². The number of benzene rings is 3. The van der Waals surface area contributed by atoms with Crippen molar-refractivity contribution in [2.45, 2.75) is 32.5 Å². The van der Waals surface area contributed by atoms with Crippen molar-refractivity contribution in [3.8, 4) is 16.9 Å². The molecule has 1 N–H and O–H groups in total. The van der Waals surface area contributed by atoms with Gasteiger partial charge in [0.25, 0.3) is 5.91 Å². The molecule has 0 heterocycles. The standard InChI is InChI=1S/C27H25F4NO3/c1-3-17(16-33)11-18-5-4-6-19(12-18)20-7-10-25(35-2)21(13-20)15-32-26(34)23-9-8-22(14-24(23)28)27(29,30)31/h4-10,12-14,16-17H,3,11,15H2,1-2H3,(H,32,34). The van der Waals surface area contributed by atoms with Gasteiger partial charge in [-0.2, -0.15) is 13.2 Å². The lowest BCUT2D eigenvalue weighted by molar-refractivity contribution is -0.137. The molecule has 8 heteroatoms. The number of carbonyl (C=O) groups is 2. The molecule has 3 aromatic carbocycles. The molecule has 4 nitrogen and oxygen atoms in total. The molecule has 0 aliphatic heterocycles. The van der Waals surface area contributed by atoms with E-state index < -0.39 is 29.0 Å². The van der Waals surface area contributed by atoms with Crippen molar-refractivity contribution in [2.24, 2.45) is 5.92 Å². The molecule has 0 saturated carbocycles. The number of nitrogens with one attached hydrogen (secondary N) is 1. The molecule has 0 aliphatic rings. The highest BCUT2D eigenvalue weighted by atomic mass is 19.4. The van der Waals surface area contributed by atoms with Crippen LogP contribution in [0.2, 0.25) is 0 Å². The highest BCUT2D eigenvalue weighted by Crippen LogP contribution is 2.31. The number of rotatable bonds is 9. The number of amides is 1. The molecular formula is C27H25F4NO3. The molecule has 0 aliphatic carbocycles. The summed E-state index contributed by atoms with van der Waals surface area (Å²) in [5, 5.41) is 2.54. The van der Waals surface area contributed by atoms with Gasteiger partial charge in [-0.15, -0.1) is 0 Å². The van der Waals surface area contributed by atoms with E-state index in [0.717, 1.165) is 35.5 Å². The minimum Gasteiger partial charge on any atom is -0.496 e. The number of alkyl halides is 3. The van der Waals surface area contributed by atoms with Crippen LogP contribution in [0.3, 0.4) is 0 Å². The second-order valence-corrected chi connectivity index (χ2v) is 8.11. The quantitative estimate of drug-likeness (QED) is 0.288. The van der Waals surface area contributed by atoms with Crippen LogP contribution in [-0.2, 0) is 23.9 Å². The van der Waals surface area contributed by atoms with Crippen molar-refractivity contribution in [1.29, 1.82) is 0 Å². The van der Waals surface area contributed by atoms with E-state index in [1.54, 1.807) is 6.07 Å². The Balaban J connectivity index is 1.80. The van der Waals surface area contributed by atoms with Crippen LogP contribution in [0.15, 0.2) is 60.7 Å². The molecule has 3 aromatic rings. The van der Waals surface area contributed by atoms with Gasteiger partial charge < -0.3 is 14.8 Å². The third-order valence-electron chi connectivity index (χ3n) is 5.74. The minimum atomic E-state index is -4.70. The summed E-state index contributed by atoms with van der Waals surface area (Å²) in [6, 6.07) is 15.0. The fourth-order valence-corrected chi connectivity index (χ4v) is 3.71. The van der Waals surface area contributed by atoms with E-state index in [1.807, 2.05) is 43.3 Å². The number of methoxy groups -OCH3 is 1. The maximum Gasteiger partial charge on any atom is 0.416 e. The largest absolute Gasteiger partial charge is 0.496 e. The van der Waals surface area contributed by atoms with Gasteiger partial charge in [-0.25, -0.2) is 4.39 Å². The number of carbonyl (C=O) groups excluding carboxylic acids is 2. The fourth-order valence-electron chi connectivity index (χ4n) is 3.71. The second kappa shape index (κ2) is 11.2. The van der Waals surface area contributed by atoms with Gasteiger partial charge in [-0.1, -0.05) is 37.3 Å². The van der Waals surface area contributed by atoms with E-state index in [9.17, 15) is 27.2 Å². The molecule has 0 bridgehead atoms. The highest BCUT2D eigenvalue weighted by Gasteiger charge is 2.31. The van der Waals surface area contributed by atoms with Crippen LogP contribution < -0.4 is 10.1 Å². The number of ether oxygens (including phenoxy) is 1. The molecule has 1 atom stereocenters. The Hall–Kier alpha value is -3.68. The zero-order valence-electron chi connectivity index (χ0n) is 19.3. The molecule has 0 fully saturated rings. The van der Waals surface area contributed by atoms with Crippen molar-refractivity contribution >= 4 is 12.2 Å². The smallest absolute Gasteiger partial charge is 0.416 e. The molecule has 0 saturated heterocycles. The van der Waals surface area contributed by atoms with Crippen molar-refractivity contribution in [3.63, 3.8) is 0 Å². The zero-order chi connectivity index (χ0) is 25.6. The van der Waals surface area contributed by atoms with Crippen LogP contribution in [0, 0.1) is 11.7 Å². The van der Waals surface area contributed by atoms with Gasteiger partial charge in [0.15, 0.2) is 0 Å². The van der Waals surface area contributed by atoms with Crippen molar-refractivity contribution in [2.75, 3.05) is 7.11 Å². The van der Waals surface area contributed by atoms with E-state index in [0.29, 0.717) is 29.9 Å². The number of hydrogen-bond donors (Lipinski definition) is 1. The average molecular weight is 487 g/mol. The van der Waals surface area contributed by atoms with E-state index in [2.05, 4.69) is 5.32 Å². The fraction of sp³-hybridized carbons (Fsp3) is 0.259. The van der Waals surface area contributed by atoms with Gasteiger partial charge in [0.1, 0.15) is 17.9 Å². The normalized spacial score (nSPS) is 12.2. The Morgan fingerprint density at radius 3 is 2.43 bits per heavy atom. The van der Waals surface area contributed by atoms with Crippen LogP contribution in [0.25, 0.3) is 11.1 Å². The highest BCUT2D eigenvalue weighted by molar-refractivity contribution is 5.94. The number of aldehydes is 1. The van der Waals surface area contributed by atoms with Gasteiger partial charge in [0.05, 0.1) is 18.2 Å². The first-order chi connectivity index (χ1) is 16.7. The Morgan fingerprint density at radius 1 is 1.06 bits per heavy atom. The van der Waals surface area contributed by atoms with Crippen LogP contribution in [-0.4, -0.2) is 19.3 Å². The molecular weight excluding hydrogens is 462 g/mol. The Labute approximate surface area is 200 Å². The molecule has 1 amide bonds. The maximum absolute atomic E-state index is 14.2. The predicted octanol–water partition coefficient (Wildman–Crippen LogP) is 6.22. The molecule has 0 radical (unpaired) electrons. The van der Waals surface area contributed by atoms with Gasteiger partial charge in [-0.05, 0) is 59.9 Å². The molecule has 0 aromatic heterocycles. The lowest BCUT2D eigenvalue weighted by atomic mass is 9.95. The summed E-state index contributed by atoms with van der Waals surface area (Å²) in [6.45, 7) is 1.93. The summed E-state index contributed by atoms with van der Waals surface area (Å²) in [7, 11) is 1.47. The summed E-state index contributed by atoms with van der Waals surface area (Å²) < 4.78 is 57.8. The molecule has 3 rings (SSSR count). The Bertz CT molecular complexity index is 1210. The number of hydrogen-bond acceptors (Lipinski definition) is 3. The lowest BCUT2D eigenvalue weighted by Crippen LogP contribution is -2.24. The van der Waals surface area contributed by atoms with Gasteiger partial charge >= 0.3 is 6.18 Å². The SMILES string of the molecule is CCC(C=O)Cc1cccc(-c2ccc(OC)c(CNC(=O)c3ccc(C(F)(F)F)cc3F)c2)c1. The Kier molecular flexibility index (Phi) is 8.27.